The zero-order valence-corrected chi connectivity index (χ0v) is 13.3. The van der Waals surface area contributed by atoms with E-state index in [-0.39, 0.29) is 0 Å². The molecule has 0 aliphatic heterocycles. The van der Waals surface area contributed by atoms with Crippen LogP contribution in [0.15, 0.2) is 36.4 Å². The largest absolute Gasteiger partial charge is 0.497 e. The summed E-state index contributed by atoms with van der Waals surface area (Å²) < 4.78 is 5.19. The van der Waals surface area contributed by atoms with Crippen molar-refractivity contribution in [3.8, 4) is 5.75 Å². The highest BCUT2D eigenvalue weighted by Gasteiger charge is 2.10. The first kappa shape index (κ1) is 15.5. The van der Waals surface area contributed by atoms with Gasteiger partial charge in [0.25, 0.3) is 0 Å². The number of rotatable bonds is 6. The number of aryl methyl sites for hydroxylation is 3. The maximum atomic E-state index is 5.19. The van der Waals surface area contributed by atoms with Gasteiger partial charge in [-0.1, -0.05) is 12.1 Å². The molecule has 0 aliphatic carbocycles. The second-order valence-electron chi connectivity index (χ2n) is 5.41. The molecule has 1 atom stereocenters. The molecule has 1 aromatic carbocycles. The van der Waals surface area contributed by atoms with E-state index < -0.39 is 0 Å². The average molecular weight is 284 g/mol. The quantitative estimate of drug-likeness (QED) is 0.880. The van der Waals surface area contributed by atoms with E-state index in [1.807, 2.05) is 33.0 Å². The van der Waals surface area contributed by atoms with Crippen LogP contribution in [0.1, 0.15) is 35.0 Å². The molecule has 0 bridgehead atoms. The molecule has 2 aromatic rings. The molecule has 1 unspecified atom stereocenters. The zero-order valence-electron chi connectivity index (χ0n) is 13.3. The maximum Gasteiger partial charge on any atom is 0.118 e. The molecule has 0 amide bonds. The molecule has 1 N–H and O–H groups in total. The van der Waals surface area contributed by atoms with Crippen molar-refractivity contribution >= 4 is 0 Å². The SMILES string of the molecule is CNC(CCc1ccc(OC)cc1)c1cc(C)nc(C)c1. The van der Waals surface area contributed by atoms with Gasteiger partial charge in [0, 0.05) is 17.4 Å². The van der Waals surface area contributed by atoms with E-state index in [0.29, 0.717) is 6.04 Å². The smallest absolute Gasteiger partial charge is 0.118 e. The number of nitrogens with zero attached hydrogens (tertiary/aromatic N) is 1. The van der Waals surface area contributed by atoms with E-state index in [4.69, 9.17) is 4.74 Å². The van der Waals surface area contributed by atoms with Crippen LogP contribution in [-0.2, 0) is 6.42 Å². The van der Waals surface area contributed by atoms with E-state index in [9.17, 15) is 0 Å². The van der Waals surface area contributed by atoms with Crippen LogP contribution in [0.25, 0.3) is 0 Å². The molecule has 112 valence electrons. The summed E-state index contributed by atoms with van der Waals surface area (Å²) in [5.41, 5.74) is 4.80. The minimum atomic E-state index is 0.354. The van der Waals surface area contributed by atoms with Gasteiger partial charge < -0.3 is 10.1 Å². The van der Waals surface area contributed by atoms with Gasteiger partial charge in [0.15, 0.2) is 0 Å². The van der Waals surface area contributed by atoms with E-state index in [1.165, 1.54) is 11.1 Å². The molecule has 0 saturated carbocycles. The predicted octanol–water partition coefficient (Wildman–Crippen LogP) is 3.60. The highest BCUT2D eigenvalue weighted by Crippen LogP contribution is 2.21. The van der Waals surface area contributed by atoms with Crippen LogP contribution in [0, 0.1) is 13.8 Å². The van der Waals surface area contributed by atoms with Gasteiger partial charge in [0.1, 0.15) is 5.75 Å². The number of benzene rings is 1. The molecule has 1 aromatic heterocycles. The molecule has 3 heteroatoms. The lowest BCUT2D eigenvalue weighted by Gasteiger charge is -2.18. The van der Waals surface area contributed by atoms with E-state index >= 15 is 0 Å². The Morgan fingerprint density at radius 2 is 1.71 bits per heavy atom. The van der Waals surface area contributed by atoms with Gasteiger partial charge in [0.05, 0.1) is 7.11 Å². The second-order valence-corrected chi connectivity index (χ2v) is 5.41. The number of pyridine rings is 1. The summed E-state index contributed by atoms with van der Waals surface area (Å²) in [6.45, 7) is 4.10. The molecule has 0 spiro atoms. The lowest BCUT2D eigenvalue weighted by atomic mass is 9.98. The van der Waals surface area contributed by atoms with E-state index in [0.717, 1.165) is 30.0 Å². The topological polar surface area (TPSA) is 34.1 Å². The Morgan fingerprint density at radius 1 is 1.10 bits per heavy atom. The minimum absolute atomic E-state index is 0.354. The van der Waals surface area contributed by atoms with Crippen molar-refractivity contribution in [1.82, 2.24) is 10.3 Å². The van der Waals surface area contributed by atoms with Crippen molar-refractivity contribution < 1.29 is 4.74 Å². The summed E-state index contributed by atoms with van der Waals surface area (Å²) in [4.78, 5) is 4.45. The predicted molar refractivity (Wildman–Crippen MR) is 86.8 cm³/mol. The van der Waals surface area contributed by atoms with Gasteiger partial charge in [-0.15, -0.1) is 0 Å². The molecule has 1 heterocycles. The van der Waals surface area contributed by atoms with Gasteiger partial charge in [0.2, 0.25) is 0 Å². The molecular formula is C18H24N2O. The number of methoxy groups -OCH3 is 1. The third-order valence-corrected chi connectivity index (χ3v) is 3.74. The molecule has 0 fully saturated rings. The molecule has 3 nitrogen and oxygen atoms in total. The molecular weight excluding hydrogens is 260 g/mol. The van der Waals surface area contributed by atoms with Crippen molar-refractivity contribution in [3.63, 3.8) is 0 Å². The summed E-state index contributed by atoms with van der Waals surface area (Å²) >= 11 is 0. The van der Waals surface area contributed by atoms with Crippen LogP contribution in [0.2, 0.25) is 0 Å². The fourth-order valence-corrected chi connectivity index (χ4v) is 2.65. The Hall–Kier alpha value is -1.87. The molecule has 2 rings (SSSR count). The first-order valence-corrected chi connectivity index (χ1v) is 7.37. The summed E-state index contributed by atoms with van der Waals surface area (Å²) in [6.07, 6.45) is 2.10. The standard InChI is InChI=1S/C18H24N2O/c1-13-11-16(12-14(2)20-13)18(19-3)10-7-15-5-8-17(21-4)9-6-15/h5-6,8-9,11-12,18-19H,7,10H2,1-4H3. The summed E-state index contributed by atoms with van der Waals surface area (Å²) in [7, 11) is 3.71. The Bertz CT molecular complexity index is 558. The number of ether oxygens (including phenoxy) is 1. The molecule has 21 heavy (non-hydrogen) atoms. The third-order valence-electron chi connectivity index (χ3n) is 3.74. The number of hydrogen-bond acceptors (Lipinski definition) is 3. The van der Waals surface area contributed by atoms with Gasteiger partial charge in [-0.3, -0.25) is 4.98 Å². The van der Waals surface area contributed by atoms with Gasteiger partial charge in [-0.05, 0) is 69.1 Å². The second kappa shape index (κ2) is 7.23. The van der Waals surface area contributed by atoms with Crippen LogP contribution >= 0.6 is 0 Å². The molecule has 0 radical (unpaired) electrons. The number of nitrogens with one attached hydrogen (secondary N) is 1. The van der Waals surface area contributed by atoms with Crippen molar-refractivity contribution in [2.24, 2.45) is 0 Å². The van der Waals surface area contributed by atoms with Crippen LogP contribution < -0.4 is 10.1 Å². The summed E-state index contributed by atoms with van der Waals surface area (Å²) in [5, 5.41) is 3.41. The lowest BCUT2D eigenvalue weighted by Crippen LogP contribution is -2.17. The van der Waals surface area contributed by atoms with E-state index in [1.54, 1.807) is 7.11 Å². The van der Waals surface area contributed by atoms with Crippen LogP contribution in [-0.4, -0.2) is 19.1 Å². The molecule has 0 saturated heterocycles. The number of hydrogen-bond donors (Lipinski definition) is 1. The lowest BCUT2D eigenvalue weighted by molar-refractivity contribution is 0.414. The van der Waals surface area contributed by atoms with Crippen LogP contribution in [0.5, 0.6) is 5.75 Å². The fraction of sp³-hybridized carbons (Fsp3) is 0.389. The minimum Gasteiger partial charge on any atom is -0.497 e. The van der Waals surface area contributed by atoms with Crippen molar-refractivity contribution in [2.45, 2.75) is 32.7 Å². The van der Waals surface area contributed by atoms with E-state index in [2.05, 4.69) is 34.6 Å². The maximum absolute atomic E-state index is 5.19. The molecule has 0 aliphatic rings. The summed E-state index contributed by atoms with van der Waals surface area (Å²) in [5.74, 6) is 0.907. The highest BCUT2D eigenvalue weighted by atomic mass is 16.5. The van der Waals surface area contributed by atoms with Crippen LogP contribution in [0.3, 0.4) is 0 Å². The highest BCUT2D eigenvalue weighted by molar-refractivity contribution is 5.28. The van der Waals surface area contributed by atoms with Gasteiger partial charge in [-0.25, -0.2) is 0 Å². The fourth-order valence-electron chi connectivity index (χ4n) is 2.65. The zero-order chi connectivity index (χ0) is 15.2. The Labute approximate surface area is 127 Å². The van der Waals surface area contributed by atoms with Gasteiger partial charge in [-0.2, -0.15) is 0 Å². The normalized spacial score (nSPS) is 12.2. The first-order valence-electron chi connectivity index (χ1n) is 7.37. The van der Waals surface area contributed by atoms with Crippen molar-refractivity contribution in [2.75, 3.05) is 14.2 Å². The summed E-state index contributed by atoms with van der Waals surface area (Å²) in [6, 6.07) is 13.0. The monoisotopic (exact) mass is 284 g/mol. The van der Waals surface area contributed by atoms with Crippen molar-refractivity contribution in [3.05, 3.63) is 58.9 Å². The first-order chi connectivity index (χ1) is 10.1. The van der Waals surface area contributed by atoms with Crippen molar-refractivity contribution in [1.29, 1.82) is 0 Å². The Kier molecular flexibility index (Phi) is 5.34. The third kappa shape index (κ3) is 4.30. The Balaban J connectivity index is 2.04. The number of aromatic nitrogens is 1. The Morgan fingerprint density at radius 3 is 2.24 bits per heavy atom. The average Bonchev–Trinajstić information content (AvgIpc) is 2.47. The van der Waals surface area contributed by atoms with Gasteiger partial charge >= 0.3 is 0 Å². The van der Waals surface area contributed by atoms with Crippen LogP contribution in [0.4, 0.5) is 0 Å².